The van der Waals surface area contributed by atoms with Crippen molar-refractivity contribution in [2.75, 3.05) is 39.3 Å². The Hall–Kier alpha value is -2.13. The second-order valence-corrected chi connectivity index (χ2v) is 7.49. The van der Waals surface area contributed by atoms with Crippen LogP contribution in [-0.2, 0) is 9.53 Å². The highest BCUT2D eigenvalue weighted by Gasteiger charge is 2.28. The summed E-state index contributed by atoms with van der Waals surface area (Å²) in [6.45, 7) is 5.54. The Morgan fingerprint density at radius 3 is 2.83 bits per heavy atom. The van der Waals surface area contributed by atoms with Crippen LogP contribution in [0.4, 0.5) is 0 Å². The highest BCUT2D eigenvalue weighted by atomic mass is 35.5. The first-order valence-corrected chi connectivity index (χ1v) is 9.89. The first-order chi connectivity index (χ1) is 13.8. The van der Waals surface area contributed by atoms with Gasteiger partial charge in [-0.15, -0.1) is 24.8 Å². The SMILES string of the molecule is Cl.Cl.O=C1NC(N2CCN(CC3CCCO3)CC2)=N/C1=C\c1c[nH]c2ncccc12. The van der Waals surface area contributed by atoms with E-state index in [1.165, 1.54) is 12.8 Å². The molecule has 1 amide bonds. The molecule has 2 saturated heterocycles. The molecule has 0 saturated carbocycles. The van der Waals surface area contributed by atoms with Crippen LogP contribution in [0, 0.1) is 0 Å². The number of nitrogens with one attached hydrogen (secondary N) is 2. The number of guanidine groups is 1. The van der Waals surface area contributed by atoms with E-state index in [1.54, 1.807) is 6.20 Å². The summed E-state index contributed by atoms with van der Waals surface area (Å²) in [7, 11) is 0. The van der Waals surface area contributed by atoms with Crippen LogP contribution in [0.15, 0.2) is 35.2 Å². The molecule has 1 unspecified atom stereocenters. The van der Waals surface area contributed by atoms with E-state index < -0.39 is 0 Å². The van der Waals surface area contributed by atoms with Gasteiger partial charge < -0.3 is 14.6 Å². The van der Waals surface area contributed by atoms with E-state index in [9.17, 15) is 4.79 Å². The van der Waals surface area contributed by atoms with Crippen molar-refractivity contribution < 1.29 is 9.53 Å². The van der Waals surface area contributed by atoms with E-state index in [1.807, 2.05) is 24.4 Å². The van der Waals surface area contributed by atoms with Crippen LogP contribution in [0.2, 0.25) is 0 Å². The van der Waals surface area contributed by atoms with Gasteiger partial charge in [0.25, 0.3) is 5.91 Å². The third kappa shape index (κ3) is 4.62. The van der Waals surface area contributed by atoms with Crippen LogP contribution in [-0.4, -0.2) is 77.1 Å². The molecule has 0 bridgehead atoms. The molecule has 5 heterocycles. The van der Waals surface area contributed by atoms with Gasteiger partial charge in [-0.3, -0.25) is 15.0 Å². The molecular formula is C20H26Cl2N6O2. The summed E-state index contributed by atoms with van der Waals surface area (Å²) in [5.74, 6) is 0.501. The van der Waals surface area contributed by atoms with Crippen molar-refractivity contribution in [1.29, 1.82) is 0 Å². The van der Waals surface area contributed by atoms with E-state index in [0.717, 1.165) is 55.9 Å². The maximum absolute atomic E-state index is 12.4. The smallest absolute Gasteiger partial charge is 0.276 e. The van der Waals surface area contributed by atoms with Crippen LogP contribution in [0.5, 0.6) is 0 Å². The number of ether oxygens (including phenoxy) is 1. The minimum atomic E-state index is -0.157. The molecule has 0 radical (unpaired) electrons. The summed E-state index contributed by atoms with van der Waals surface area (Å²) in [6.07, 6.45) is 8.14. The third-order valence-electron chi connectivity index (χ3n) is 5.62. The number of hydrogen-bond donors (Lipinski definition) is 2. The third-order valence-corrected chi connectivity index (χ3v) is 5.62. The summed E-state index contributed by atoms with van der Waals surface area (Å²) in [4.78, 5) is 29.0. The molecule has 0 aliphatic carbocycles. The maximum Gasteiger partial charge on any atom is 0.276 e. The number of fused-ring (bicyclic) bond motifs is 1. The van der Waals surface area contributed by atoms with Crippen LogP contribution < -0.4 is 5.32 Å². The zero-order valence-corrected chi connectivity index (χ0v) is 18.2. The molecule has 8 nitrogen and oxygen atoms in total. The van der Waals surface area contributed by atoms with Crippen LogP contribution >= 0.6 is 24.8 Å². The zero-order valence-electron chi connectivity index (χ0n) is 16.5. The quantitative estimate of drug-likeness (QED) is 0.695. The molecule has 162 valence electrons. The van der Waals surface area contributed by atoms with E-state index in [2.05, 4.69) is 30.1 Å². The second kappa shape index (κ2) is 9.78. The van der Waals surface area contributed by atoms with Crippen LogP contribution in [0.3, 0.4) is 0 Å². The van der Waals surface area contributed by atoms with Gasteiger partial charge in [0.1, 0.15) is 11.3 Å². The minimum Gasteiger partial charge on any atom is -0.377 e. The standard InChI is InChI=1S/C20H24N6O2.2ClH/c27-19-17(11-14-12-22-18-16(14)4-1-5-21-18)23-20(24-19)26-8-6-25(7-9-26)13-15-3-2-10-28-15;;/h1,4-5,11-12,15H,2-3,6-10,13H2,(H,21,22)(H,23,24,27);2*1H/b17-11-;;. The van der Waals surface area contributed by atoms with E-state index in [4.69, 9.17) is 4.74 Å². The van der Waals surface area contributed by atoms with Crippen molar-refractivity contribution in [2.45, 2.75) is 18.9 Å². The largest absolute Gasteiger partial charge is 0.377 e. The normalized spacial score (nSPS) is 23.3. The number of amides is 1. The monoisotopic (exact) mass is 452 g/mol. The van der Waals surface area contributed by atoms with E-state index >= 15 is 0 Å². The average Bonchev–Trinajstić information content (AvgIpc) is 3.45. The lowest BCUT2D eigenvalue weighted by Gasteiger charge is -2.36. The molecule has 1 atom stereocenters. The van der Waals surface area contributed by atoms with E-state index in [-0.39, 0.29) is 30.7 Å². The Morgan fingerprint density at radius 1 is 1.23 bits per heavy atom. The Kier molecular flexibility index (Phi) is 7.36. The number of carbonyl (C=O) groups excluding carboxylic acids is 1. The van der Waals surface area contributed by atoms with Crippen molar-refractivity contribution in [3.63, 3.8) is 0 Å². The second-order valence-electron chi connectivity index (χ2n) is 7.49. The number of hydrogen-bond acceptors (Lipinski definition) is 6. The van der Waals surface area contributed by atoms with Gasteiger partial charge >= 0.3 is 0 Å². The molecule has 2 fully saturated rings. The lowest BCUT2D eigenvalue weighted by molar-refractivity contribution is -0.115. The molecule has 3 aliphatic heterocycles. The Balaban J connectivity index is 0.00000128. The number of aromatic amines is 1. The summed E-state index contributed by atoms with van der Waals surface area (Å²) < 4.78 is 5.74. The molecule has 0 aromatic carbocycles. The van der Waals surface area contributed by atoms with Gasteiger partial charge in [-0.2, -0.15) is 0 Å². The fourth-order valence-corrected chi connectivity index (χ4v) is 4.07. The lowest BCUT2D eigenvalue weighted by Crippen LogP contribution is -2.53. The van der Waals surface area contributed by atoms with Gasteiger partial charge in [-0.05, 0) is 31.1 Å². The number of rotatable bonds is 3. The molecule has 10 heteroatoms. The van der Waals surface area contributed by atoms with Gasteiger partial charge in [-0.25, -0.2) is 9.98 Å². The molecule has 2 aromatic rings. The van der Waals surface area contributed by atoms with Crippen molar-refractivity contribution in [3.8, 4) is 0 Å². The highest BCUT2D eigenvalue weighted by Crippen LogP contribution is 2.21. The fourth-order valence-electron chi connectivity index (χ4n) is 4.07. The van der Waals surface area contributed by atoms with Gasteiger partial charge in [0.15, 0.2) is 0 Å². The average molecular weight is 453 g/mol. The van der Waals surface area contributed by atoms with Crippen molar-refractivity contribution >= 4 is 53.8 Å². The topological polar surface area (TPSA) is 85.9 Å². The number of nitrogens with zero attached hydrogens (tertiary/aromatic N) is 4. The number of piperazine rings is 1. The maximum atomic E-state index is 12.4. The van der Waals surface area contributed by atoms with Gasteiger partial charge in [-0.1, -0.05) is 0 Å². The van der Waals surface area contributed by atoms with Crippen LogP contribution in [0.25, 0.3) is 17.1 Å². The van der Waals surface area contributed by atoms with Crippen LogP contribution in [0.1, 0.15) is 18.4 Å². The number of carbonyl (C=O) groups is 1. The molecule has 3 aliphatic rings. The first-order valence-electron chi connectivity index (χ1n) is 9.89. The van der Waals surface area contributed by atoms with Gasteiger partial charge in [0.05, 0.1) is 6.10 Å². The first kappa shape index (κ1) is 22.6. The van der Waals surface area contributed by atoms with E-state index in [0.29, 0.717) is 17.8 Å². The van der Waals surface area contributed by atoms with Gasteiger partial charge in [0.2, 0.25) is 5.96 Å². The molecule has 2 N–H and O–H groups in total. The Bertz CT molecular complexity index is 946. The predicted octanol–water partition coefficient (Wildman–Crippen LogP) is 2.03. The van der Waals surface area contributed by atoms with Crippen molar-refractivity contribution in [1.82, 2.24) is 25.1 Å². The number of pyridine rings is 1. The number of aliphatic imine (C=N–C) groups is 1. The summed E-state index contributed by atoms with van der Waals surface area (Å²) in [5.41, 5.74) is 2.15. The Morgan fingerprint density at radius 2 is 2.07 bits per heavy atom. The summed E-state index contributed by atoms with van der Waals surface area (Å²) in [6, 6.07) is 3.87. The molecule has 0 spiro atoms. The molecule has 30 heavy (non-hydrogen) atoms. The highest BCUT2D eigenvalue weighted by molar-refractivity contribution is 6.14. The minimum absolute atomic E-state index is 0. The lowest BCUT2D eigenvalue weighted by atomic mass is 10.2. The van der Waals surface area contributed by atoms with Gasteiger partial charge in [0, 0.05) is 62.7 Å². The summed E-state index contributed by atoms with van der Waals surface area (Å²) >= 11 is 0. The van der Waals surface area contributed by atoms with Crippen molar-refractivity contribution in [2.24, 2.45) is 4.99 Å². The zero-order chi connectivity index (χ0) is 18.9. The molecule has 2 aromatic heterocycles. The fraction of sp³-hybridized carbons (Fsp3) is 0.450. The number of halogens is 2. The number of aromatic nitrogens is 2. The molecule has 5 rings (SSSR count). The predicted molar refractivity (Wildman–Crippen MR) is 121 cm³/mol. The molecular weight excluding hydrogens is 427 g/mol. The van der Waals surface area contributed by atoms with Crippen molar-refractivity contribution in [3.05, 3.63) is 35.8 Å². The number of H-pyrrole nitrogens is 1. The Labute approximate surface area is 187 Å². The summed E-state index contributed by atoms with van der Waals surface area (Å²) in [5, 5.41) is 3.90.